The highest BCUT2D eigenvalue weighted by molar-refractivity contribution is 5.91. The van der Waals surface area contributed by atoms with Crippen molar-refractivity contribution in [3.8, 4) is 11.3 Å². The Labute approximate surface area is 112 Å². The van der Waals surface area contributed by atoms with Crippen LogP contribution in [0.3, 0.4) is 0 Å². The van der Waals surface area contributed by atoms with Crippen molar-refractivity contribution in [2.45, 2.75) is 6.18 Å². The third-order valence-corrected chi connectivity index (χ3v) is 3.01. The van der Waals surface area contributed by atoms with Crippen LogP contribution in [0.2, 0.25) is 0 Å². The first kappa shape index (κ1) is 12.6. The van der Waals surface area contributed by atoms with Gasteiger partial charge in [0.1, 0.15) is 6.33 Å². The SMILES string of the molecule is FC(F)(F)c1cccc(-c2ncnc3ccccc23)c1. The molecule has 0 aliphatic rings. The number of fused-ring (bicyclic) bond motifs is 1. The summed E-state index contributed by atoms with van der Waals surface area (Å²) in [5.74, 6) is 0. The Morgan fingerprint density at radius 3 is 2.45 bits per heavy atom. The van der Waals surface area contributed by atoms with Crippen molar-refractivity contribution in [3.05, 3.63) is 60.4 Å². The average molecular weight is 274 g/mol. The maximum absolute atomic E-state index is 12.8. The van der Waals surface area contributed by atoms with E-state index in [9.17, 15) is 13.2 Å². The van der Waals surface area contributed by atoms with Crippen LogP contribution in [0.25, 0.3) is 22.2 Å². The van der Waals surface area contributed by atoms with E-state index in [1.165, 1.54) is 12.4 Å². The van der Waals surface area contributed by atoms with Crippen LogP contribution in [0, 0.1) is 0 Å². The molecule has 5 heteroatoms. The van der Waals surface area contributed by atoms with E-state index in [-0.39, 0.29) is 0 Å². The maximum Gasteiger partial charge on any atom is 0.416 e. The zero-order chi connectivity index (χ0) is 14.2. The van der Waals surface area contributed by atoms with Crippen LogP contribution in [-0.2, 0) is 6.18 Å². The largest absolute Gasteiger partial charge is 0.416 e. The van der Waals surface area contributed by atoms with Crippen molar-refractivity contribution in [1.82, 2.24) is 9.97 Å². The number of halogens is 3. The number of nitrogens with zero attached hydrogens (tertiary/aromatic N) is 2. The maximum atomic E-state index is 12.8. The fourth-order valence-electron chi connectivity index (χ4n) is 2.08. The predicted octanol–water partition coefficient (Wildman–Crippen LogP) is 4.32. The van der Waals surface area contributed by atoms with Crippen LogP contribution in [0.15, 0.2) is 54.9 Å². The molecule has 0 amide bonds. The van der Waals surface area contributed by atoms with E-state index >= 15 is 0 Å². The molecule has 0 radical (unpaired) electrons. The van der Waals surface area contributed by atoms with Gasteiger partial charge in [-0.3, -0.25) is 0 Å². The van der Waals surface area contributed by atoms with E-state index in [0.29, 0.717) is 16.8 Å². The van der Waals surface area contributed by atoms with Gasteiger partial charge < -0.3 is 0 Å². The molecule has 0 N–H and O–H groups in total. The van der Waals surface area contributed by atoms with Crippen molar-refractivity contribution in [1.29, 1.82) is 0 Å². The molecular formula is C15H9F3N2. The fourth-order valence-corrected chi connectivity index (χ4v) is 2.08. The number of aromatic nitrogens is 2. The minimum atomic E-state index is -4.36. The normalized spacial score (nSPS) is 11.8. The first-order valence-corrected chi connectivity index (χ1v) is 5.93. The van der Waals surface area contributed by atoms with Crippen LogP contribution in [0.5, 0.6) is 0 Å². The molecule has 20 heavy (non-hydrogen) atoms. The second kappa shape index (κ2) is 4.59. The molecule has 2 aromatic carbocycles. The monoisotopic (exact) mass is 274 g/mol. The van der Waals surface area contributed by atoms with Crippen LogP contribution < -0.4 is 0 Å². The standard InChI is InChI=1S/C15H9F3N2/c16-15(17,18)11-5-3-4-10(8-11)14-12-6-1-2-7-13(12)19-9-20-14/h1-9H. The van der Waals surface area contributed by atoms with Crippen LogP contribution in [0.4, 0.5) is 13.2 Å². The Hall–Kier alpha value is -2.43. The van der Waals surface area contributed by atoms with Crippen molar-refractivity contribution < 1.29 is 13.2 Å². The van der Waals surface area contributed by atoms with Crippen LogP contribution in [-0.4, -0.2) is 9.97 Å². The third kappa shape index (κ3) is 2.22. The van der Waals surface area contributed by atoms with Gasteiger partial charge in [0.25, 0.3) is 0 Å². The molecule has 0 aliphatic heterocycles. The molecular weight excluding hydrogens is 265 g/mol. The molecule has 3 rings (SSSR count). The predicted molar refractivity (Wildman–Crippen MR) is 70.0 cm³/mol. The van der Waals surface area contributed by atoms with Gasteiger partial charge in [0.2, 0.25) is 0 Å². The van der Waals surface area contributed by atoms with Gasteiger partial charge in [-0.15, -0.1) is 0 Å². The lowest BCUT2D eigenvalue weighted by molar-refractivity contribution is -0.137. The van der Waals surface area contributed by atoms with Gasteiger partial charge in [-0.05, 0) is 18.2 Å². The molecule has 0 unspecified atom stereocenters. The van der Waals surface area contributed by atoms with Gasteiger partial charge in [0, 0.05) is 10.9 Å². The summed E-state index contributed by atoms with van der Waals surface area (Å²) in [4.78, 5) is 8.23. The molecule has 0 saturated carbocycles. The van der Waals surface area contributed by atoms with Crippen molar-refractivity contribution in [2.75, 3.05) is 0 Å². The van der Waals surface area contributed by atoms with Gasteiger partial charge in [-0.25, -0.2) is 9.97 Å². The van der Waals surface area contributed by atoms with Crippen molar-refractivity contribution in [3.63, 3.8) is 0 Å². The highest BCUT2D eigenvalue weighted by atomic mass is 19.4. The highest BCUT2D eigenvalue weighted by Crippen LogP contribution is 2.33. The molecule has 3 aromatic rings. The molecule has 1 aromatic heterocycles. The lowest BCUT2D eigenvalue weighted by Gasteiger charge is -2.09. The minimum absolute atomic E-state index is 0.429. The van der Waals surface area contributed by atoms with Gasteiger partial charge in [0.15, 0.2) is 0 Å². The van der Waals surface area contributed by atoms with E-state index in [1.54, 1.807) is 18.2 Å². The summed E-state index contributed by atoms with van der Waals surface area (Å²) in [6.45, 7) is 0. The third-order valence-electron chi connectivity index (χ3n) is 3.01. The lowest BCUT2D eigenvalue weighted by atomic mass is 10.0. The van der Waals surface area contributed by atoms with Gasteiger partial charge in [0.05, 0.1) is 16.8 Å². The second-order valence-electron chi connectivity index (χ2n) is 4.32. The quantitative estimate of drug-likeness (QED) is 0.660. The number of alkyl halides is 3. The van der Waals surface area contributed by atoms with Gasteiger partial charge in [-0.2, -0.15) is 13.2 Å². The molecule has 0 aliphatic carbocycles. The Kier molecular flexibility index (Phi) is 2.89. The molecule has 1 heterocycles. The molecule has 0 saturated heterocycles. The molecule has 0 bridgehead atoms. The Morgan fingerprint density at radius 2 is 1.65 bits per heavy atom. The molecule has 100 valence electrons. The van der Waals surface area contributed by atoms with Gasteiger partial charge in [-0.1, -0.05) is 30.3 Å². The summed E-state index contributed by atoms with van der Waals surface area (Å²) in [6, 6.07) is 12.4. The number of benzene rings is 2. The van der Waals surface area contributed by atoms with E-state index in [2.05, 4.69) is 9.97 Å². The average Bonchev–Trinajstić information content (AvgIpc) is 2.46. The zero-order valence-corrected chi connectivity index (χ0v) is 10.2. The van der Waals surface area contributed by atoms with E-state index in [1.807, 2.05) is 12.1 Å². The fraction of sp³-hybridized carbons (Fsp3) is 0.0667. The van der Waals surface area contributed by atoms with Crippen molar-refractivity contribution in [2.24, 2.45) is 0 Å². The number of hydrogen-bond acceptors (Lipinski definition) is 2. The summed E-state index contributed by atoms with van der Waals surface area (Å²) >= 11 is 0. The highest BCUT2D eigenvalue weighted by Gasteiger charge is 2.30. The van der Waals surface area contributed by atoms with Crippen LogP contribution >= 0.6 is 0 Å². The minimum Gasteiger partial charge on any atom is -0.236 e. The van der Waals surface area contributed by atoms with Crippen LogP contribution in [0.1, 0.15) is 5.56 Å². The second-order valence-corrected chi connectivity index (χ2v) is 4.32. The number of para-hydroxylation sites is 1. The summed E-state index contributed by atoms with van der Waals surface area (Å²) in [5.41, 5.74) is 0.952. The lowest BCUT2D eigenvalue weighted by Crippen LogP contribution is -2.04. The van der Waals surface area contributed by atoms with Crippen molar-refractivity contribution >= 4 is 10.9 Å². The molecule has 0 atom stereocenters. The first-order valence-electron chi connectivity index (χ1n) is 5.93. The van der Waals surface area contributed by atoms with E-state index < -0.39 is 11.7 Å². The summed E-state index contributed by atoms with van der Waals surface area (Å²) in [7, 11) is 0. The Bertz CT molecular complexity index is 761. The first-order chi connectivity index (χ1) is 9.55. The summed E-state index contributed by atoms with van der Waals surface area (Å²) in [6.07, 6.45) is -3.00. The summed E-state index contributed by atoms with van der Waals surface area (Å²) in [5, 5.41) is 0.731. The molecule has 2 nitrogen and oxygen atoms in total. The topological polar surface area (TPSA) is 25.8 Å². The van der Waals surface area contributed by atoms with Gasteiger partial charge >= 0.3 is 6.18 Å². The molecule has 0 fully saturated rings. The molecule has 0 spiro atoms. The van der Waals surface area contributed by atoms with E-state index in [0.717, 1.165) is 17.5 Å². The number of rotatable bonds is 1. The Morgan fingerprint density at radius 1 is 0.850 bits per heavy atom. The smallest absolute Gasteiger partial charge is 0.236 e. The van der Waals surface area contributed by atoms with E-state index in [4.69, 9.17) is 0 Å². The number of hydrogen-bond donors (Lipinski definition) is 0. The summed E-state index contributed by atoms with van der Waals surface area (Å²) < 4.78 is 38.3. The zero-order valence-electron chi connectivity index (χ0n) is 10.2. The Balaban J connectivity index is 2.21.